The van der Waals surface area contributed by atoms with E-state index in [0.717, 1.165) is 16.2 Å². The average molecular weight is 460 g/mol. The second kappa shape index (κ2) is 9.13. The zero-order valence-corrected chi connectivity index (χ0v) is 19.3. The number of carbonyl (C=O) groups is 3. The highest BCUT2D eigenvalue weighted by molar-refractivity contribution is 7.91. The molecule has 2 rings (SSSR count). The summed E-state index contributed by atoms with van der Waals surface area (Å²) in [7, 11) is -2.63. The number of hydrogen-bond acceptors (Lipinski definition) is 7. The first-order chi connectivity index (χ1) is 13.8. The topological polar surface area (TPSA) is 133 Å². The van der Waals surface area contributed by atoms with Gasteiger partial charge in [-0.3, -0.25) is 19.3 Å². The maximum absolute atomic E-state index is 13.3. The molecule has 0 spiro atoms. The Morgan fingerprint density at radius 3 is 2.40 bits per heavy atom. The minimum Gasteiger partial charge on any atom is -0.396 e. The van der Waals surface area contributed by atoms with E-state index in [1.165, 1.54) is 13.1 Å². The molecule has 1 aromatic heterocycles. The highest BCUT2D eigenvalue weighted by Crippen LogP contribution is 2.35. The number of nitrogens with one attached hydrogen (secondary N) is 2. The monoisotopic (exact) mass is 459 g/mol. The van der Waals surface area contributed by atoms with Gasteiger partial charge in [0.1, 0.15) is 16.3 Å². The molecule has 1 saturated heterocycles. The fourth-order valence-corrected chi connectivity index (χ4v) is 5.80. The minimum atomic E-state index is -4.04. The number of thiophene rings is 1. The Bertz CT molecular complexity index is 892. The molecule has 30 heavy (non-hydrogen) atoms. The van der Waals surface area contributed by atoms with Crippen molar-refractivity contribution >= 4 is 39.1 Å². The van der Waals surface area contributed by atoms with Gasteiger partial charge < -0.3 is 10.4 Å². The van der Waals surface area contributed by atoms with Crippen molar-refractivity contribution in [2.75, 3.05) is 13.7 Å². The lowest BCUT2D eigenvalue weighted by atomic mass is 9.85. The smallest absolute Gasteiger partial charge is 0.250 e. The van der Waals surface area contributed by atoms with Crippen LogP contribution in [0.5, 0.6) is 0 Å². The predicted molar refractivity (Wildman–Crippen MR) is 112 cm³/mol. The molecule has 1 unspecified atom stereocenters. The van der Waals surface area contributed by atoms with E-state index in [4.69, 9.17) is 0 Å². The van der Waals surface area contributed by atoms with E-state index in [-0.39, 0.29) is 23.2 Å². The molecule has 2 heterocycles. The van der Waals surface area contributed by atoms with Crippen molar-refractivity contribution in [3.63, 3.8) is 0 Å². The molecule has 3 N–H and O–H groups in total. The van der Waals surface area contributed by atoms with Gasteiger partial charge in [-0.05, 0) is 29.2 Å². The summed E-state index contributed by atoms with van der Waals surface area (Å²) in [4.78, 5) is 40.0. The number of nitrogens with zero attached hydrogens (tertiary/aromatic N) is 1. The maximum atomic E-state index is 13.3. The largest absolute Gasteiger partial charge is 0.396 e. The van der Waals surface area contributed by atoms with Crippen molar-refractivity contribution in [3.8, 4) is 0 Å². The second-order valence-electron chi connectivity index (χ2n) is 8.59. The second-order valence-corrected chi connectivity index (χ2v) is 11.5. The van der Waals surface area contributed by atoms with Crippen LogP contribution in [0.1, 0.15) is 34.1 Å². The number of carbonyl (C=O) groups excluding carboxylic acids is 3. The summed E-state index contributed by atoms with van der Waals surface area (Å²) in [5, 5.41) is 13.5. The van der Waals surface area contributed by atoms with Crippen molar-refractivity contribution in [2.24, 2.45) is 17.3 Å². The number of hydrogen-bond donors (Lipinski definition) is 3. The lowest BCUT2D eigenvalue weighted by Crippen LogP contribution is -2.56. The SMILES string of the molecule is CNC(=O)[C@@H](N1C(=O)C(NS(=O)(=O)c2cccs2)[C@H](C[C@@H](C)CO)C1=O)C(C)(C)C. The summed E-state index contributed by atoms with van der Waals surface area (Å²) in [5.74, 6) is -3.26. The van der Waals surface area contributed by atoms with Crippen LogP contribution in [0.3, 0.4) is 0 Å². The predicted octanol–water partition coefficient (Wildman–Crippen LogP) is 0.559. The number of likely N-dealkylation sites (N-methyl/N-ethyl adjacent to an activating group) is 1. The van der Waals surface area contributed by atoms with E-state index < -0.39 is 51.2 Å². The molecule has 0 radical (unpaired) electrons. The zero-order valence-electron chi connectivity index (χ0n) is 17.7. The van der Waals surface area contributed by atoms with E-state index in [0.29, 0.717) is 0 Å². The molecule has 9 nitrogen and oxygen atoms in total. The molecule has 1 aliphatic heterocycles. The van der Waals surface area contributed by atoms with Crippen molar-refractivity contribution in [3.05, 3.63) is 17.5 Å². The van der Waals surface area contributed by atoms with E-state index in [9.17, 15) is 27.9 Å². The Hall–Kier alpha value is -1.82. The lowest BCUT2D eigenvalue weighted by molar-refractivity contribution is -0.151. The van der Waals surface area contributed by atoms with Gasteiger partial charge in [-0.25, -0.2) is 8.42 Å². The van der Waals surface area contributed by atoms with Gasteiger partial charge >= 0.3 is 0 Å². The zero-order chi connectivity index (χ0) is 22.9. The molecular formula is C19H29N3O6S2. The van der Waals surface area contributed by atoms with Crippen molar-refractivity contribution in [2.45, 2.75) is 50.4 Å². The fraction of sp³-hybridized carbons (Fsp3) is 0.632. The fourth-order valence-electron chi connectivity index (χ4n) is 3.56. The summed E-state index contributed by atoms with van der Waals surface area (Å²) in [6, 6.07) is 0.512. The number of rotatable bonds is 8. The standard InChI is InChI=1S/C19H29N3O6S2/c1-11(10-23)9-12-14(21-30(27,28)13-7-6-8-29-13)18(26)22(17(12)25)15(16(24)20-5)19(2,3)4/h6-8,11-12,14-15,21,23H,9-10H2,1-5H3,(H,20,24)/t11-,12+,14?,15-/m1/s1. The molecule has 0 aliphatic carbocycles. The van der Waals surface area contributed by atoms with Crippen LogP contribution >= 0.6 is 11.3 Å². The highest BCUT2D eigenvalue weighted by Gasteiger charge is 2.55. The van der Waals surface area contributed by atoms with Crippen LogP contribution in [0.25, 0.3) is 0 Å². The third kappa shape index (κ3) is 4.90. The molecule has 0 saturated carbocycles. The summed E-state index contributed by atoms with van der Waals surface area (Å²) in [5.41, 5.74) is -0.778. The molecule has 0 bridgehead atoms. The Morgan fingerprint density at radius 1 is 1.30 bits per heavy atom. The van der Waals surface area contributed by atoms with E-state index >= 15 is 0 Å². The van der Waals surface area contributed by atoms with Crippen molar-refractivity contribution < 1.29 is 27.9 Å². The molecule has 11 heteroatoms. The molecule has 1 fully saturated rings. The van der Waals surface area contributed by atoms with Crippen molar-refractivity contribution in [1.29, 1.82) is 0 Å². The molecule has 4 atom stereocenters. The van der Waals surface area contributed by atoms with E-state index in [1.807, 2.05) is 0 Å². The quantitative estimate of drug-likeness (QED) is 0.487. The maximum Gasteiger partial charge on any atom is 0.250 e. The molecule has 168 valence electrons. The highest BCUT2D eigenvalue weighted by atomic mass is 32.2. The van der Waals surface area contributed by atoms with Gasteiger partial charge in [-0.1, -0.05) is 33.8 Å². The van der Waals surface area contributed by atoms with E-state index in [1.54, 1.807) is 39.1 Å². The Labute approximate surface area is 180 Å². The summed E-state index contributed by atoms with van der Waals surface area (Å²) >= 11 is 0.990. The molecule has 1 aromatic rings. The third-order valence-corrected chi connectivity index (χ3v) is 7.88. The van der Waals surface area contributed by atoms with Crippen LogP contribution in [0.2, 0.25) is 0 Å². The Balaban J connectivity index is 2.49. The number of imide groups is 1. The van der Waals surface area contributed by atoms with Gasteiger partial charge in [0.05, 0.1) is 5.92 Å². The molecule has 1 aliphatic rings. The van der Waals surface area contributed by atoms with Crippen molar-refractivity contribution in [1.82, 2.24) is 14.9 Å². The first-order valence-electron chi connectivity index (χ1n) is 9.60. The van der Waals surface area contributed by atoms with Gasteiger partial charge in [0.2, 0.25) is 17.7 Å². The lowest BCUT2D eigenvalue weighted by Gasteiger charge is -2.35. The van der Waals surface area contributed by atoms with Crippen LogP contribution in [0, 0.1) is 17.3 Å². The number of aliphatic hydroxyl groups is 1. The number of likely N-dealkylation sites (tertiary alicyclic amines) is 1. The third-order valence-electron chi connectivity index (χ3n) is 5.04. The molecule has 0 aromatic carbocycles. The van der Waals surface area contributed by atoms with Crippen LogP contribution in [-0.2, 0) is 24.4 Å². The Morgan fingerprint density at radius 2 is 1.93 bits per heavy atom. The average Bonchev–Trinajstić information content (AvgIpc) is 3.27. The number of amides is 3. The minimum absolute atomic E-state index is 0.0221. The van der Waals surface area contributed by atoms with Gasteiger partial charge in [-0.15, -0.1) is 11.3 Å². The van der Waals surface area contributed by atoms with E-state index in [2.05, 4.69) is 10.0 Å². The Kier molecular flexibility index (Phi) is 7.44. The number of aliphatic hydroxyl groups excluding tert-OH is 1. The van der Waals surface area contributed by atoms with Crippen LogP contribution in [0.15, 0.2) is 21.7 Å². The normalized spacial score (nSPS) is 22.3. The summed E-state index contributed by atoms with van der Waals surface area (Å²) < 4.78 is 27.9. The molecule has 3 amide bonds. The van der Waals surface area contributed by atoms with Crippen LogP contribution in [-0.4, -0.2) is 61.9 Å². The van der Waals surface area contributed by atoms with Gasteiger partial charge in [0, 0.05) is 13.7 Å². The van der Waals surface area contributed by atoms with Gasteiger partial charge in [0.25, 0.3) is 10.0 Å². The molecular weight excluding hydrogens is 430 g/mol. The first kappa shape index (κ1) is 24.4. The number of sulfonamides is 1. The van der Waals surface area contributed by atoms with Crippen LogP contribution in [0.4, 0.5) is 0 Å². The van der Waals surface area contributed by atoms with Crippen LogP contribution < -0.4 is 10.0 Å². The van der Waals surface area contributed by atoms with Gasteiger partial charge in [0.15, 0.2) is 0 Å². The first-order valence-corrected chi connectivity index (χ1v) is 12.0. The summed E-state index contributed by atoms with van der Waals surface area (Å²) in [6.07, 6.45) is 0.0970. The summed E-state index contributed by atoms with van der Waals surface area (Å²) in [6.45, 7) is 6.65. The van der Waals surface area contributed by atoms with Gasteiger partial charge in [-0.2, -0.15) is 4.72 Å².